The van der Waals surface area contributed by atoms with Crippen molar-refractivity contribution in [2.75, 3.05) is 13.1 Å². The van der Waals surface area contributed by atoms with E-state index in [1.165, 1.54) is 16.7 Å². The Morgan fingerprint density at radius 1 is 1.10 bits per heavy atom. The third-order valence-electron chi connectivity index (χ3n) is 3.61. The highest BCUT2D eigenvalue weighted by Gasteiger charge is 2.10. The molecule has 0 amide bonds. The Balaban J connectivity index is 1.55. The molecular weight excluding hydrogens is 262 g/mol. The van der Waals surface area contributed by atoms with Crippen molar-refractivity contribution >= 4 is 17.4 Å². The van der Waals surface area contributed by atoms with Crippen LogP contribution in [0.25, 0.3) is 6.08 Å². The van der Waals surface area contributed by atoms with Crippen molar-refractivity contribution in [2.45, 2.75) is 13.0 Å². The van der Waals surface area contributed by atoms with Crippen LogP contribution in [-0.2, 0) is 6.54 Å². The predicted molar refractivity (Wildman–Crippen MR) is 87.8 cm³/mol. The molecule has 0 N–H and O–H groups in total. The van der Waals surface area contributed by atoms with Gasteiger partial charge in [-0.05, 0) is 39.9 Å². The van der Waals surface area contributed by atoms with Crippen LogP contribution in [0.3, 0.4) is 0 Å². The normalized spacial score (nSPS) is 16.5. The molecule has 0 unspecified atom stereocenters. The number of hydrogen-bond acceptors (Lipinski definition) is 2. The van der Waals surface area contributed by atoms with Gasteiger partial charge in [-0.25, -0.2) is 0 Å². The Hall–Kier alpha value is -1.64. The first-order valence-electron chi connectivity index (χ1n) is 7.06. The SMILES string of the molecule is C1=C(/C=C/c2ccsc2)CCN(Cc2ccccc2)C1. The van der Waals surface area contributed by atoms with E-state index in [9.17, 15) is 0 Å². The molecule has 0 fully saturated rings. The van der Waals surface area contributed by atoms with E-state index in [0.717, 1.165) is 26.1 Å². The zero-order valence-electron chi connectivity index (χ0n) is 11.5. The largest absolute Gasteiger partial charge is 0.295 e. The van der Waals surface area contributed by atoms with Crippen molar-refractivity contribution in [1.82, 2.24) is 4.90 Å². The number of hydrogen-bond donors (Lipinski definition) is 0. The third kappa shape index (κ3) is 3.69. The molecular formula is C18H19NS. The molecule has 0 aliphatic carbocycles. The molecule has 1 aromatic carbocycles. The summed E-state index contributed by atoms with van der Waals surface area (Å²) in [6.45, 7) is 3.26. The van der Waals surface area contributed by atoms with Gasteiger partial charge in [-0.1, -0.05) is 48.6 Å². The van der Waals surface area contributed by atoms with E-state index >= 15 is 0 Å². The molecule has 0 atom stereocenters. The van der Waals surface area contributed by atoms with Gasteiger partial charge >= 0.3 is 0 Å². The molecule has 1 nitrogen and oxygen atoms in total. The first-order chi connectivity index (χ1) is 9.90. The van der Waals surface area contributed by atoms with E-state index in [-0.39, 0.29) is 0 Å². The van der Waals surface area contributed by atoms with Crippen LogP contribution in [0, 0.1) is 0 Å². The van der Waals surface area contributed by atoms with Gasteiger partial charge in [0.1, 0.15) is 0 Å². The number of allylic oxidation sites excluding steroid dienone is 1. The van der Waals surface area contributed by atoms with Crippen LogP contribution in [-0.4, -0.2) is 18.0 Å². The highest BCUT2D eigenvalue weighted by molar-refractivity contribution is 7.08. The zero-order chi connectivity index (χ0) is 13.6. The molecule has 0 radical (unpaired) electrons. The molecule has 0 saturated heterocycles. The maximum Gasteiger partial charge on any atom is 0.0237 e. The van der Waals surface area contributed by atoms with Gasteiger partial charge in [0, 0.05) is 19.6 Å². The van der Waals surface area contributed by atoms with Crippen LogP contribution in [0.1, 0.15) is 17.5 Å². The average Bonchev–Trinajstić information content (AvgIpc) is 3.01. The van der Waals surface area contributed by atoms with Crippen molar-refractivity contribution in [3.63, 3.8) is 0 Å². The second-order valence-electron chi connectivity index (χ2n) is 5.14. The van der Waals surface area contributed by atoms with Crippen LogP contribution in [0.4, 0.5) is 0 Å². The van der Waals surface area contributed by atoms with Crippen LogP contribution in [0.2, 0.25) is 0 Å². The van der Waals surface area contributed by atoms with E-state index in [4.69, 9.17) is 0 Å². The monoisotopic (exact) mass is 281 g/mol. The van der Waals surface area contributed by atoms with E-state index in [1.54, 1.807) is 11.3 Å². The third-order valence-corrected chi connectivity index (χ3v) is 4.31. The lowest BCUT2D eigenvalue weighted by molar-refractivity contribution is 0.287. The maximum atomic E-state index is 2.50. The molecule has 2 heterocycles. The Morgan fingerprint density at radius 3 is 2.70 bits per heavy atom. The standard InChI is InChI=1S/C18H19NS/c1-2-4-17(5-3-1)14-19-11-8-16(9-12-19)6-7-18-10-13-20-15-18/h1-8,10,13,15H,9,11-12,14H2/b7-6+. The minimum atomic E-state index is 1.05. The van der Waals surface area contributed by atoms with E-state index in [0.29, 0.717) is 0 Å². The molecule has 20 heavy (non-hydrogen) atoms. The second-order valence-corrected chi connectivity index (χ2v) is 5.92. The molecule has 1 aromatic heterocycles. The highest BCUT2D eigenvalue weighted by atomic mass is 32.1. The molecule has 0 bridgehead atoms. The Morgan fingerprint density at radius 2 is 2.00 bits per heavy atom. The quantitative estimate of drug-likeness (QED) is 0.792. The minimum Gasteiger partial charge on any atom is -0.295 e. The average molecular weight is 281 g/mol. The van der Waals surface area contributed by atoms with E-state index < -0.39 is 0 Å². The first kappa shape index (κ1) is 13.3. The zero-order valence-corrected chi connectivity index (χ0v) is 12.4. The Bertz CT molecular complexity index is 581. The van der Waals surface area contributed by atoms with Gasteiger partial charge in [0.25, 0.3) is 0 Å². The summed E-state index contributed by atoms with van der Waals surface area (Å²) in [6.07, 6.45) is 7.99. The Kier molecular flexibility index (Phi) is 4.46. The summed E-state index contributed by atoms with van der Waals surface area (Å²) in [5.74, 6) is 0. The molecule has 2 aromatic rings. The molecule has 2 heteroatoms. The Labute approximate surface area is 124 Å². The second kappa shape index (κ2) is 6.69. The van der Waals surface area contributed by atoms with Gasteiger partial charge in [0.05, 0.1) is 0 Å². The summed E-state index contributed by atoms with van der Waals surface area (Å²) >= 11 is 1.75. The molecule has 1 aliphatic heterocycles. The van der Waals surface area contributed by atoms with Crippen molar-refractivity contribution < 1.29 is 0 Å². The lowest BCUT2D eigenvalue weighted by Crippen LogP contribution is -2.27. The maximum absolute atomic E-state index is 2.50. The summed E-state index contributed by atoms with van der Waals surface area (Å²) in [6, 6.07) is 12.9. The van der Waals surface area contributed by atoms with Crippen LogP contribution >= 0.6 is 11.3 Å². The molecule has 0 saturated carbocycles. The molecule has 3 rings (SSSR count). The van der Waals surface area contributed by atoms with Crippen LogP contribution < -0.4 is 0 Å². The number of nitrogens with zero attached hydrogens (tertiary/aromatic N) is 1. The van der Waals surface area contributed by atoms with E-state index in [2.05, 4.69) is 70.3 Å². The van der Waals surface area contributed by atoms with E-state index in [1.807, 2.05) is 0 Å². The summed E-state index contributed by atoms with van der Waals surface area (Å²) in [5.41, 5.74) is 4.17. The summed E-state index contributed by atoms with van der Waals surface area (Å²) in [5, 5.41) is 4.30. The van der Waals surface area contributed by atoms with Crippen molar-refractivity contribution in [3.8, 4) is 0 Å². The minimum absolute atomic E-state index is 1.05. The summed E-state index contributed by atoms with van der Waals surface area (Å²) < 4.78 is 0. The summed E-state index contributed by atoms with van der Waals surface area (Å²) in [4.78, 5) is 2.50. The smallest absolute Gasteiger partial charge is 0.0237 e. The molecule has 102 valence electrons. The number of benzene rings is 1. The van der Waals surface area contributed by atoms with Gasteiger partial charge in [-0.2, -0.15) is 11.3 Å². The van der Waals surface area contributed by atoms with Gasteiger partial charge < -0.3 is 0 Å². The van der Waals surface area contributed by atoms with Crippen molar-refractivity contribution in [1.29, 1.82) is 0 Å². The fraction of sp³-hybridized carbons (Fsp3) is 0.222. The van der Waals surface area contributed by atoms with Gasteiger partial charge in [0.2, 0.25) is 0 Å². The van der Waals surface area contributed by atoms with Gasteiger partial charge in [0.15, 0.2) is 0 Å². The number of rotatable bonds is 4. The van der Waals surface area contributed by atoms with Crippen LogP contribution in [0.5, 0.6) is 0 Å². The van der Waals surface area contributed by atoms with Crippen LogP contribution in [0.15, 0.2) is 64.9 Å². The fourth-order valence-electron chi connectivity index (χ4n) is 2.44. The van der Waals surface area contributed by atoms with Crippen molar-refractivity contribution in [2.24, 2.45) is 0 Å². The highest BCUT2D eigenvalue weighted by Crippen LogP contribution is 2.16. The first-order valence-corrected chi connectivity index (χ1v) is 8.00. The fourth-order valence-corrected chi connectivity index (χ4v) is 3.07. The van der Waals surface area contributed by atoms with Crippen molar-refractivity contribution in [3.05, 3.63) is 76.0 Å². The predicted octanol–water partition coefficient (Wildman–Crippen LogP) is 4.59. The molecule has 0 spiro atoms. The lowest BCUT2D eigenvalue weighted by Gasteiger charge is -2.25. The summed E-state index contributed by atoms with van der Waals surface area (Å²) in [7, 11) is 0. The number of thiophene rings is 1. The topological polar surface area (TPSA) is 3.24 Å². The lowest BCUT2D eigenvalue weighted by atomic mass is 10.1. The molecule has 1 aliphatic rings. The van der Waals surface area contributed by atoms with Gasteiger partial charge in [-0.3, -0.25) is 4.90 Å². The van der Waals surface area contributed by atoms with Gasteiger partial charge in [-0.15, -0.1) is 0 Å².